The predicted molar refractivity (Wildman–Crippen MR) is 43.5 cm³/mol. The highest BCUT2D eigenvalue weighted by molar-refractivity contribution is 4.69. The summed E-state index contributed by atoms with van der Waals surface area (Å²) in [6.07, 6.45) is 2.28. The van der Waals surface area contributed by atoms with Gasteiger partial charge in [-0.15, -0.1) is 0 Å². The van der Waals surface area contributed by atoms with Gasteiger partial charge in [-0.25, -0.2) is 0 Å². The molecule has 11 heavy (non-hydrogen) atoms. The van der Waals surface area contributed by atoms with E-state index >= 15 is 0 Å². The second-order valence-electron chi connectivity index (χ2n) is 3.02. The minimum Gasteiger partial charge on any atom is -0.381 e. The van der Waals surface area contributed by atoms with E-state index in [-0.39, 0.29) is 0 Å². The number of rotatable bonds is 3. The molecule has 0 aromatic heterocycles. The van der Waals surface area contributed by atoms with Crippen LogP contribution in [0.15, 0.2) is 0 Å². The normalized spacial score (nSPS) is 21.0. The van der Waals surface area contributed by atoms with Crippen molar-refractivity contribution in [3.05, 3.63) is 0 Å². The van der Waals surface area contributed by atoms with Gasteiger partial charge in [-0.2, -0.15) is 0 Å². The summed E-state index contributed by atoms with van der Waals surface area (Å²) in [4.78, 5) is 2.24. The molecule has 0 aromatic rings. The molecule has 3 heteroatoms. The molecule has 0 atom stereocenters. The third-order valence-corrected chi connectivity index (χ3v) is 2.15. The van der Waals surface area contributed by atoms with Gasteiger partial charge in [0.2, 0.25) is 0 Å². The lowest BCUT2D eigenvalue weighted by molar-refractivity contribution is -0.00256. The van der Waals surface area contributed by atoms with Crippen LogP contribution in [0, 0.1) is 0 Å². The molecule has 0 aromatic carbocycles. The SMILES string of the molecule is COCN(C)C1CCOCC1. The summed E-state index contributed by atoms with van der Waals surface area (Å²) >= 11 is 0. The summed E-state index contributed by atoms with van der Waals surface area (Å²) in [5.74, 6) is 0. The van der Waals surface area contributed by atoms with Crippen molar-refractivity contribution in [3.63, 3.8) is 0 Å². The predicted octanol–water partition coefficient (Wildman–Crippen LogP) is 0.701. The molecule has 0 bridgehead atoms. The summed E-state index contributed by atoms with van der Waals surface area (Å²) in [6, 6.07) is 0.656. The van der Waals surface area contributed by atoms with Crippen LogP contribution in [0.3, 0.4) is 0 Å². The summed E-state index contributed by atoms with van der Waals surface area (Å²) in [5.41, 5.74) is 0. The fraction of sp³-hybridized carbons (Fsp3) is 1.00. The Kier molecular flexibility index (Phi) is 3.83. The Morgan fingerprint density at radius 2 is 2.09 bits per heavy atom. The highest BCUT2D eigenvalue weighted by Gasteiger charge is 2.17. The maximum absolute atomic E-state index is 5.26. The minimum atomic E-state index is 0.656. The first-order valence-corrected chi connectivity index (χ1v) is 4.11. The van der Waals surface area contributed by atoms with E-state index < -0.39 is 0 Å². The lowest BCUT2D eigenvalue weighted by Crippen LogP contribution is -2.37. The topological polar surface area (TPSA) is 21.7 Å². The Morgan fingerprint density at radius 3 is 2.64 bits per heavy atom. The van der Waals surface area contributed by atoms with Crippen molar-refractivity contribution in [2.24, 2.45) is 0 Å². The lowest BCUT2D eigenvalue weighted by atomic mass is 10.1. The van der Waals surface area contributed by atoms with Gasteiger partial charge in [0, 0.05) is 26.4 Å². The average molecular weight is 159 g/mol. The van der Waals surface area contributed by atoms with Gasteiger partial charge in [0.1, 0.15) is 0 Å². The molecule has 0 spiro atoms. The molecule has 0 amide bonds. The van der Waals surface area contributed by atoms with E-state index in [1.807, 2.05) is 0 Å². The fourth-order valence-electron chi connectivity index (χ4n) is 1.43. The zero-order valence-corrected chi connectivity index (χ0v) is 7.38. The van der Waals surface area contributed by atoms with Crippen LogP contribution in [-0.4, -0.2) is 45.0 Å². The molecule has 66 valence electrons. The van der Waals surface area contributed by atoms with Crippen molar-refractivity contribution in [2.75, 3.05) is 34.1 Å². The molecule has 1 fully saturated rings. The Labute approximate surface area is 68.3 Å². The van der Waals surface area contributed by atoms with E-state index in [0.29, 0.717) is 6.04 Å². The number of methoxy groups -OCH3 is 1. The van der Waals surface area contributed by atoms with E-state index in [9.17, 15) is 0 Å². The lowest BCUT2D eigenvalue weighted by Gasteiger charge is -2.30. The quantitative estimate of drug-likeness (QED) is 0.566. The molecule has 0 aliphatic carbocycles. The molecule has 3 nitrogen and oxygen atoms in total. The first-order valence-electron chi connectivity index (χ1n) is 4.11. The summed E-state index contributed by atoms with van der Waals surface area (Å²) in [7, 11) is 3.83. The van der Waals surface area contributed by atoms with Crippen LogP contribution in [0.5, 0.6) is 0 Å². The maximum Gasteiger partial charge on any atom is 0.0986 e. The van der Waals surface area contributed by atoms with Crippen LogP contribution in [0.1, 0.15) is 12.8 Å². The van der Waals surface area contributed by atoms with Crippen molar-refractivity contribution in [1.29, 1.82) is 0 Å². The Morgan fingerprint density at radius 1 is 1.45 bits per heavy atom. The molecular weight excluding hydrogens is 142 g/mol. The smallest absolute Gasteiger partial charge is 0.0986 e. The van der Waals surface area contributed by atoms with Gasteiger partial charge in [0.05, 0.1) is 6.73 Å². The van der Waals surface area contributed by atoms with Gasteiger partial charge in [0.25, 0.3) is 0 Å². The summed E-state index contributed by atoms with van der Waals surface area (Å²) in [6.45, 7) is 2.53. The summed E-state index contributed by atoms with van der Waals surface area (Å²) < 4.78 is 10.3. The molecule has 1 aliphatic rings. The van der Waals surface area contributed by atoms with E-state index in [2.05, 4.69) is 11.9 Å². The van der Waals surface area contributed by atoms with Crippen molar-refractivity contribution >= 4 is 0 Å². The van der Waals surface area contributed by atoms with Crippen molar-refractivity contribution in [1.82, 2.24) is 4.90 Å². The van der Waals surface area contributed by atoms with Crippen molar-refractivity contribution < 1.29 is 9.47 Å². The maximum atomic E-state index is 5.26. The molecule has 1 aliphatic heterocycles. The van der Waals surface area contributed by atoms with Gasteiger partial charge >= 0.3 is 0 Å². The first-order chi connectivity index (χ1) is 5.34. The van der Waals surface area contributed by atoms with Crippen molar-refractivity contribution in [3.8, 4) is 0 Å². The van der Waals surface area contributed by atoms with E-state index in [4.69, 9.17) is 9.47 Å². The molecule has 0 unspecified atom stereocenters. The Bertz CT molecular complexity index is 102. The zero-order valence-electron chi connectivity index (χ0n) is 7.38. The van der Waals surface area contributed by atoms with Crippen LogP contribution in [-0.2, 0) is 9.47 Å². The van der Waals surface area contributed by atoms with Crippen LogP contribution in [0.4, 0.5) is 0 Å². The number of ether oxygens (including phenoxy) is 2. The second-order valence-corrected chi connectivity index (χ2v) is 3.02. The van der Waals surface area contributed by atoms with Gasteiger partial charge in [-0.1, -0.05) is 0 Å². The van der Waals surface area contributed by atoms with Gasteiger partial charge in [-0.05, 0) is 19.9 Å². The number of hydrogen-bond donors (Lipinski definition) is 0. The van der Waals surface area contributed by atoms with Crippen LogP contribution >= 0.6 is 0 Å². The van der Waals surface area contributed by atoms with E-state index in [1.54, 1.807) is 7.11 Å². The monoisotopic (exact) mass is 159 g/mol. The zero-order chi connectivity index (χ0) is 8.10. The largest absolute Gasteiger partial charge is 0.381 e. The molecule has 1 heterocycles. The standard InChI is InChI=1S/C8H17NO2/c1-9(7-10-2)8-3-5-11-6-4-8/h8H,3-7H2,1-2H3. The second kappa shape index (κ2) is 4.70. The number of hydrogen-bond acceptors (Lipinski definition) is 3. The minimum absolute atomic E-state index is 0.656. The molecule has 0 N–H and O–H groups in total. The highest BCUT2D eigenvalue weighted by atomic mass is 16.5. The van der Waals surface area contributed by atoms with Crippen LogP contribution < -0.4 is 0 Å². The van der Waals surface area contributed by atoms with Gasteiger partial charge < -0.3 is 9.47 Å². The molecule has 0 radical (unpaired) electrons. The Hall–Kier alpha value is -0.120. The highest BCUT2D eigenvalue weighted by Crippen LogP contribution is 2.11. The third kappa shape index (κ3) is 2.77. The average Bonchev–Trinajstić information content (AvgIpc) is 2.07. The molecule has 0 saturated carbocycles. The van der Waals surface area contributed by atoms with Gasteiger partial charge in [0.15, 0.2) is 0 Å². The summed E-state index contributed by atoms with van der Waals surface area (Å²) in [5, 5.41) is 0. The molecule has 1 rings (SSSR count). The molecule has 1 saturated heterocycles. The van der Waals surface area contributed by atoms with Crippen LogP contribution in [0.2, 0.25) is 0 Å². The fourth-order valence-corrected chi connectivity index (χ4v) is 1.43. The van der Waals surface area contributed by atoms with Crippen molar-refractivity contribution in [2.45, 2.75) is 18.9 Å². The van der Waals surface area contributed by atoms with E-state index in [1.165, 1.54) is 0 Å². The van der Waals surface area contributed by atoms with Gasteiger partial charge in [-0.3, -0.25) is 4.90 Å². The Balaban J connectivity index is 2.21. The molecular formula is C8H17NO2. The number of nitrogens with zero attached hydrogens (tertiary/aromatic N) is 1. The van der Waals surface area contributed by atoms with Crippen LogP contribution in [0.25, 0.3) is 0 Å². The first kappa shape index (κ1) is 8.97. The third-order valence-electron chi connectivity index (χ3n) is 2.15. The van der Waals surface area contributed by atoms with E-state index in [0.717, 1.165) is 32.8 Å².